The maximum absolute atomic E-state index is 5.88. The molecule has 0 spiro atoms. The molecule has 5 rings (SSSR count). The van der Waals surface area contributed by atoms with Crippen molar-refractivity contribution in [2.45, 2.75) is 36.7 Å². The molecule has 1 aliphatic carbocycles. The lowest BCUT2D eigenvalue weighted by Gasteiger charge is -2.01. The predicted octanol–water partition coefficient (Wildman–Crippen LogP) is 3.92. The van der Waals surface area contributed by atoms with E-state index >= 15 is 0 Å². The molecule has 0 atom stereocenters. The number of nitrogens with zero attached hydrogens (tertiary/aromatic N) is 6. The molecule has 1 fully saturated rings. The molecule has 0 N–H and O–H groups in total. The molecule has 0 bridgehead atoms. The molecule has 0 saturated heterocycles. The second kappa shape index (κ2) is 6.66. The van der Waals surface area contributed by atoms with Crippen molar-refractivity contribution >= 4 is 11.8 Å². The third kappa shape index (κ3) is 3.14. The molecule has 136 valence electrons. The van der Waals surface area contributed by atoms with Crippen molar-refractivity contribution in [2.24, 2.45) is 0 Å². The van der Waals surface area contributed by atoms with Gasteiger partial charge in [-0.1, -0.05) is 47.3 Å². The quantitative estimate of drug-likeness (QED) is 0.464. The summed E-state index contributed by atoms with van der Waals surface area (Å²) in [5, 5.41) is 21.6. The first-order chi connectivity index (χ1) is 13.3. The summed E-state index contributed by atoms with van der Waals surface area (Å²) in [6, 6.07) is 10.3. The van der Waals surface area contributed by atoms with Crippen molar-refractivity contribution in [1.29, 1.82) is 0 Å². The minimum Gasteiger partial charge on any atom is -0.420 e. The lowest BCUT2D eigenvalue weighted by atomic mass is 10.1. The van der Waals surface area contributed by atoms with E-state index in [4.69, 9.17) is 8.94 Å². The summed E-state index contributed by atoms with van der Waals surface area (Å²) < 4.78 is 13.4. The molecule has 3 aromatic heterocycles. The van der Waals surface area contributed by atoms with Gasteiger partial charge in [0.05, 0.1) is 5.75 Å². The average molecular weight is 380 g/mol. The first-order valence-electron chi connectivity index (χ1n) is 8.66. The van der Waals surface area contributed by atoms with Crippen LogP contribution in [0.2, 0.25) is 0 Å². The van der Waals surface area contributed by atoms with Crippen LogP contribution in [0.4, 0.5) is 0 Å². The van der Waals surface area contributed by atoms with E-state index < -0.39 is 0 Å². The zero-order valence-corrected chi connectivity index (χ0v) is 15.4. The molecule has 8 nitrogen and oxygen atoms in total. The zero-order valence-electron chi connectivity index (χ0n) is 14.6. The molecule has 0 unspecified atom stereocenters. The van der Waals surface area contributed by atoms with Crippen LogP contribution in [0.15, 0.2) is 50.8 Å². The molecular formula is C18H16N6O2S. The molecule has 0 amide bonds. The molecule has 1 aromatic carbocycles. The summed E-state index contributed by atoms with van der Waals surface area (Å²) in [5.41, 5.74) is 2.37. The Labute approximate surface area is 159 Å². The van der Waals surface area contributed by atoms with Crippen molar-refractivity contribution in [3.63, 3.8) is 0 Å². The second-order valence-corrected chi connectivity index (χ2v) is 7.31. The van der Waals surface area contributed by atoms with Gasteiger partial charge in [0.1, 0.15) is 23.3 Å². The normalized spacial score (nSPS) is 14.0. The zero-order chi connectivity index (χ0) is 18.2. The Morgan fingerprint density at radius 3 is 2.81 bits per heavy atom. The van der Waals surface area contributed by atoms with E-state index in [0.717, 1.165) is 16.3 Å². The summed E-state index contributed by atoms with van der Waals surface area (Å²) in [7, 11) is 0. The fraction of sp³-hybridized carbons (Fsp3) is 0.278. The van der Waals surface area contributed by atoms with E-state index in [1.807, 2.05) is 37.3 Å². The molecule has 1 aliphatic rings. The van der Waals surface area contributed by atoms with Gasteiger partial charge in [0.2, 0.25) is 5.89 Å². The first kappa shape index (κ1) is 16.2. The first-order valence-corrected chi connectivity index (χ1v) is 9.65. The number of aromatic nitrogens is 6. The largest absolute Gasteiger partial charge is 0.420 e. The lowest BCUT2D eigenvalue weighted by molar-refractivity contribution is 0.399. The van der Waals surface area contributed by atoms with Gasteiger partial charge in [0.25, 0.3) is 5.89 Å². The summed E-state index contributed by atoms with van der Waals surface area (Å²) in [5.74, 6) is 2.11. The van der Waals surface area contributed by atoms with Crippen LogP contribution in [0, 0.1) is 6.92 Å². The molecule has 4 aromatic rings. The molecule has 0 radical (unpaired) electrons. The minimum atomic E-state index is 0.409. The molecule has 3 heterocycles. The topological polar surface area (TPSA) is 95.7 Å². The van der Waals surface area contributed by atoms with E-state index in [9.17, 15) is 0 Å². The van der Waals surface area contributed by atoms with Gasteiger partial charge < -0.3 is 13.5 Å². The van der Waals surface area contributed by atoms with Gasteiger partial charge in [0.15, 0.2) is 5.16 Å². The third-order valence-corrected chi connectivity index (χ3v) is 5.34. The summed E-state index contributed by atoms with van der Waals surface area (Å²) in [6.07, 6.45) is 4.16. The maximum Gasteiger partial charge on any atom is 0.253 e. The average Bonchev–Trinajstić information content (AvgIpc) is 3.08. The van der Waals surface area contributed by atoms with Crippen molar-refractivity contribution in [2.75, 3.05) is 0 Å². The Balaban J connectivity index is 1.38. The van der Waals surface area contributed by atoms with E-state index in [-0.39, 0.29) is 0 Å². The summed E-state index contributed by atoms with van der Waals surface area (Å²) >= 11 is 1.54. The summed E-state index contributed by atoms with van der Waals surface area (Å²) in [6.45, 7) is 1.84. The number of hydrogen-bond acceptors (Lipinski definition) is 8. The summed E-state index contributed by atoms with van der Waals surface area (Å²) in [4.78, 5) is 0. The second-order valence-electron chi connectivity index (χ2n) is 6.37. The number of hydrogen-bond donors (Lipinski definition) is 0. The Hall–Kier alpha value is -2.94. The van der Waals surface area contributed by atoms with E-state index in [1.165, 1.54) is 12.8 Å². The highest BCUT2D eigenvalue weighted by molar-refractivity contribution is 7.98. The number of thioether (sulfide) groups is 1. The third-order valence-electron chi connectivity index (χ3n) is 4.40. The van der Waals surface area contributed by atoms with Crippen molar-refractivity contribution in [1.82, 2.24) is 30.1 Å². The highest BCUT2D eigenvalue weighted by Crippen LogP contribution is 2.38. The van der Waals surface area contributed by atoms with Crippen LogP contribution in [-0.4, -0.2) is 30.1 Å². The van der Waals surface area contributed by atoms with Crippen LogP contribution < -0.4 is 0 Å². The number of aryl methyl sites for hydroxylation is 1. The Morgan fingerprint density at radius 2 is 2.00 bits per heavy atom. The fourth-order valence-electron chi connectivity index (χ4n) is 2.89. The standard InChI is InChI=1S/C18H16N6O2S/c1-11-15(16(23-26-11)12-5-3-2-4-6-12)17-21-20-14(25-17)9-27-18-22-19-10-24(18)13-7-8-13/h2-6,10,13H,7-9H2,1H3. The smallest absolute Gasteiger partial charge is 0.253 e. The van der Waals surface area contributed by atoms with Crippen molar-refractivity contribution in [3.8, 4) is 22.7 Å². The van der Waals surface area contributed by atoms with Gasteiger partial charge in [-0.05, 0) is 19.8 Å². The van der Waals surface area contributed by atoms with Crippen LogP contribution in [0.25, 0.3) is 22.7 Å². The van der Waals surface area contributed by atoms with Crippen LogP contribution in [0.1, 0.15) is 30.5 Å². The van der Waals surface area contributed by atoms with Crippen LogP contribution in [-0.2, 0) is 5.75 Å². The Bertz CT molecular complexity index is 1070. The molecular weight excluding hydrogens is 364 g/mol. The van der Waals surface area contributed by atoms with Crippen molar-refractivity contribution in [3.05, 3.63) is 48.3 Å². The monoisotopic (exact) mass is 380 g/mol. The highest BCUT2D eigenvalue weighted by Gasteiger charge is 2.27. The highest BCUT2D eigenvalue weighted by atomic mass is 32.2. The van der Waals surface area contributed by atoms with Crippen LogP contribution in [0.3, 0.4) is 0 Å². The van der Waals surface area contributed by atoms with Gasteiger partial charge in [-0.3, -0.25) is 0 Å². The SMILES string of the molecule is Cc1onc(-c2ccccc2)c1-c1nnc(CSc2nncn2C2CC2)o1. The van der Waals surface area contributed by atoms with Crippen LogP contribution >= 0.6 is 11.8 Å². The van der Waals surface area contributed by atoms with Gasteiger partial charge in [-0.25, -0.2) is 0 Å². The number of rotatable bonds is 6. The molecule has 9 heteroatoms. The van der Waals surface area contributed by atoms with Crippen LogP contribution in [0.5, 0.6) is 0 Å². The van der Waals surface area contributed by atoms with E-state index in [0.29, 0.717) is 35.0 Å². The van der Waals surface area contributed by atoms with Gasteiger partial charge in [-0.2, -0.15) is 0 Å². The number of benzene rings is 1. The van der Waals surface area contributed by atoms with E-state index in [1.54, 1.807) is 18.1 Å². The van der Waals surface area contributed by atoms with Crippen molar-refractivity contribution < 1.29 is 8.94 Å². The molecule has 27 heavy (non-hydrogen) atoms. The van der Waals surface area contributed by atoms with Gasteiger partial charge in [0, 0.05) is 11.6 Å². The molecule has 1 saturated carbocycles. The Kier molecular flexibility index (Phi) is 4.01. The van der Waals surface area contributed by atoms with E-state index in [2.05, 4.69) is 30.1 Å². The van der Waals surface area contributed by atoms with Gasteiger partial charge >= 0.3 is 0 Å². The molecule has 0 aliphatic heterocycles. The Morgan fingerprint density at radius 1 is 1.15 bits per heavy atom. The maximum atomic E-state index is 5.88. The predicted molar refractivity (Wildman–Crippen MR) is 97.8 cm³/mol. The minimum absolute atomic E-state index is 0.409. The van der Waals surface area contributed by atoms with Gasteiger partial charge in [-0.15, -0.1) is 20.4 Å². The fourth-order valence-corrected chi connectivity index (χ4v) is 3.71. The lowest BCUT2D eigenvalue weighted by Crippen LogP contribution is -1.94.